The van der Waals surface area contributed by atoms with Gasteiger partial charge in [0, 0.05) is 25.7 Å². The Kier molecular flexibility index (Phi) is 7.11. The third-order valence-electron chi connectivity index (χ3n) is 1.89. The molecule has 0 aliphatic rings. The van der Waals surface area contributed by atoms with Crippen molar-refractivity contribution in [2.45, 2.75) is 27.2 Å². The van der Waals surface area contributed by atoms with E-state index in [4.69, 9.17) is 9.47 Å². The van der Waals surface area contributed by atoms with E-state index in [1.54, 1.807) is 7.11 Å². The van der Waals surface area contributed by atoms with Crippen LogP contribution in [0.4, 0.5) is 0 Å². The van der Waals surface area contributed by atoms with E-state index in [0.29, 0.717) is 13.2 Å². The summed E-state index contributed by atoms with van der Waals surface area (Å²) in [5, 5.41) is 0. The molecule has 0 aromatic rings. The maximum atomic E-state index is 11.4. The number of hydrogen-bond donors (Lipinski definition) is 0. The number of hydrogen-bond acceptors (Lipinski definition) is 3. The van der Waals surface area contributed by atoms with E-state index in [-0.39, 0.29) is 11.9 Å². The molecule has 14 heavy (non-hydrogen) atoms. The fraction of sp³-hybridized carbons (Fsp3) is 0.727. The minimum Gasteiger partial charge on any atom is -0.462 e. The zero-order valence-electron chi connectivity index (χ0n) is 9.50. The maximum absolute atomic E-state index is 11.4. The maximum Gasteiger partial charge on any atom is 0.333 e. The van der Waals surface area contributed by atoms with Crippen molar-refractivity contribution in [1.29, 1.82) is 0 Å². The van der Waals surface area contributed by atoms with Gasteiger partial charge in [-0.1, -0.05) is 19.9 Å². The summed E-state index contributed by atoms with van der Waals surface area (Å²) in [6.07, 6.45) is 2.56. The van der Waals surface area contributed by atoms with Crippen LogP contribution in [0.15, 0.2) is 11.6 Å². The van der Waals surface area contributed by atoms with Gasteiger partial charge in [-0.25, -0.2) is 4.79 Å². The van der Waals surface area contributed by atoms with Crippen LogP contribution in [-0.2, 0) is 14.3 Å². The van der Waals surface area contributed by atoms with Crippen LogP contribution in [0.5, 0.6) is 0 Å². The first-order valence-electron chi connectivity index (χ1n) is 4.95. The summed E-state index contributed by atoms with van der Waals surface area (Å²) in [6, 6.07) is 0. The lowest BCUT2D eigenvalue weighted by Gasteiger charge is -2.10. The van der Waals surface area contributed by atoms with Gasteiger partial charge in [-0.15, -0.1) is 0 Å². The van der Waals surface area contributed by atoms with Gasteiger partial charge in [-0.05, 0) is 12.8 Å². The van der Waals surface area contributed by atoms with Crippen molar-refractivity contribution in [3.8, 4) is 0 Å². The summed E-state index contributed by atoms with van der Waals surface area (Å²) in [6.45, 7) is 6.86. The molecule has 0 N–H and O–H groups in total. The fourth-order valence-corrected chi connectivity index (χ4v) is 1.14. The summed E-state index contributed by atoms with van der Waals surface area (Å²) in [7, 11) is 1.63. The van der Waals surface area contributed by atoms with E-state index in [2.05, 4.69) is 0 Å². The molecule has 0 unspecified atom stereocenters. The highest BCUT2D eigenvalue weighted by atomic mass is 16.5. The zero-order chi connectivity index (χ0) is 11.0. The van der Waals surface area contributed by atoms with E-state index < -0.39 is 0 Å². The predicted octanol–water partition coefficient (Wildman–Crippen LogP) is 2.17. The van der Waals surface area contributed by atoms with E-state index in [1.165, 1.54) is 0 Å². The molecule has 0 aromatic heterocycles. The molecule has 0 amide bonds. The van der Waals surface area contributed by atoms with Crippen molar-refractivity contribution in [2.24, 2.45) is 5.92 Å². The van der Waals surface area contributed by atoms with Crippen molar-refractivity contribution in [1.82, 2.24) is 0 Å². The minimum absolute atomic E-state index is 0.210. The number of ether oxygens (including phenoxy) is 2. The lowest BCUT2D eigenvalue weighted by Crippen LogP contribution is -2.13. The number of rotatable bonds is 6. The molecule has 0 rings (SSSR count). The summed E-state index contributed by atoms with van der Waals surface area (Å²) in [5.74, 6) is 0.00790. The van der Waals surface area contributed by atoms with Crippen molar-refractivity contribution in [3.05, 3.63) is 11.6 Å². The van der Waals surface area contributed by atoms with Crippen molar-refractivity contribution >= 4 is 5.97 Å². The van der Waals surface area contributed by atoms with Gasteiger partial charge in [-0.2, -0.15) is 0 Å². The second-order valence-electron chi connectivity index (χ2n) is 3.38. The number of methoxy groups -OCH3 is 1. The van der Waals surface area contributed by atoms with Crippen LogP contribution in [0.2, 0.25) is 0 Å². The van der Waals surface area contributed by atoms with Crippen molar-refractivity contribution in [2.75, 3.05) is 20.3 Å². The second kappa shape index (κ2) is 7.56. The minimum atomic E-state index is -0.210. The quantitative estimate of drug-likeness (QED) is 0.374. The Labute approximate surface area is 86.1 Å². The van der Waals surface area contributed by atoms with Gasteiger partial charge in [0.1, 0.15) is 0 Å². The first-order valence-corrected chi connectivity index (χ1v) is 4.95. The van der Waals surface area contributed by atoms with Gasteiger partial charge >= 0.3 is 5.97 Å². The van der Waals surface area contributed by atoms with Gasteiger partial charge in [0.25, 0.3) is 0 Å². The molecular weight excluding hydrogens is 180 g/mol. The monoisotopic (exact) mass is 200 g/mol. The molecule has 0 bridgehead atoms. The highest BCUT2D eigenvalue weighted by Gasteiger charge is 2.12. The number of esters is 1. The van der Waals surface area contributed by atoms with Crippen LogP contribution in [0.25, 0.3) is 0 Å². The first kappa shape index (κ1) is 13.2. The smallest absolute Gasteiger partial charge is 0.333 e. The molecule has 82 valence electrons. The molecule has 3 heteroatoms. The van der Waals surface area contributed by atoms with E-state index in [9.17, 15) is 4.79 Å². The summed E-state index contributed by atoms with van der Waals surface area (Å²) in [5.41, 5.74) is 0.738. The predicted molar refractivity (Wildman–Crippen MR) is 56.0 cm³/mol. The van der Waals surface area contributed by atoms with E-state index in [0.717, 1.165) is 12.0 Å². The molecular formula is C11H20O3. The third-order valence-corrected chi connectivity index (χ3v) is 1.89. The van der Waals surface area contributed by atoms with E-state index >= 15 is 0 Å². The Morgan fingerprint density at radius 1 is 1.36 bits per heavy atom. The van der Waals surface area contributed by atoms with Gasteiger partial charge in [0.2, 0.25) is 0 Å². The van der Waals surface area contributed by atoms with Gasteiger partial charge in [0.15, 0.2) is 0 Å². The molecule has 3 nitrogen and oxygen atoms in total. The normalized spacial score (nSPS) is 11.9. The Hall–Kier alpha value is -0.830. The molecule has 0 spiro atoms. The highest BCUT2D eigenvalue weighted by Crippen LogP contribution is 2.11. The standard InChI is InChI=1S/C11H20O3/c1-5-10(9(2)3)11(12)14-8-6-7-13-4/h5,9H,6-8H2,1-4H3/b10-5+. The Balaban J connectivity index is 3.83. The van der Waals surface area contributed by atoms with Crippen LogP contribution >= 0.6 is 0 Å². The summed E-state index contributed by atoms with van der Waals surface area (Å²) < 4.78 is 9.92. The van der Waals surface area contributed by atoms with Crippen LogP contribution in [-0.4, -0.2) is 26.3 Å². The number of carbonyl (C=O) groups excluding carboxylic acids is 1. The molecule has 0 heterocycles. The van der Waals surface area contributed by atoms with Gasteiger partial charge < -0.3 is 9.47 Å². The Morgan fingerprint density at radius 2 is 2.00 bits per heavy atom. The van der Waals surface area contributed by atoms with Gasteiger partial charge in [0.05, 0.1) is 6.61 Å². The second-order valence-corrected chi connectivity index (χ2v) is 3.38. The first-order chi connectivity index (χ1) is 6.63. The Morgan fingerprint density at radius 3 is 2.43 bits per heavy atom. The molecule has 0 saturated carbocycles. The molecule has 0 radical (unpaired) electrons. The highest BCUT2D eigenvalue weighted by molar-refractivity contribution is 5.88. The van der Waals surface area contributed by atoms with E-state index in [1.807, 2.05) is 26.8 Å². The fourth-order valence-electron chi connectivity index (χ4n) is 1.14. The SMILES string of the molecule is C/C=C(/C(=O)OCCCOC)C(C)C. The molecule has 0 saturated heterocycles. The molecule has 0 fully saturated rings. The Bertz CT molecular complexity index is 195. The largest absolute Gasteiger partial charge is 0.462 e. The van der Waals surface area contributed by atoms with Crippen LogP contribution in [0.3, 0.4) is 0 Å². The lowest BCUT2D eigenvalue weighted by atomic mass is 10.0. The van der Waals surface area contributed by atoms with Crippen LogP contribution < -0.4 is 0 Å². The molecule has 0 aliphatic heterocycles. The zero-order valence-corrected chi connectivity index (χ0v) is 9.50. The van der Waals surface area contributed by atoms with Crippen molar-refractivity contribution in [3.63, 3.8) is 0 Å². The number of allylic oxidation sites excluding steroid dienone is 1. The van der Waals surface area contributed by atoms with Crippen molar-refractivity contribution < 1.29 is 14.3 Å². The average Bonchev–Trinajstić information content (AvgIpc) is 2.13. The summed E-state index contributed by atoms with van der Waals surface area (Å²) in [4.78, 5) is 11.4. The third kappa shape index (κ3) is 5.02. The topological polar surface area (TPSA) is 35.5 Å². The molecule has 0 atom stereocenters. The van der Waals surface area contributed by atoms with Gasteiger partial charge in [-0.3, -0.25) is 0 Å². The molecule has 0 aromatic carbocycles. The van der Waals surface area contributed by atoms with Crippen LogP contribution in [0, 0.1) is 5.92 Å². The lowest BCUT2D eigenvalue weighted by molar-refractivity contribution is -0.139. The molecule has 0 aliphatic carbocycles. The average molecular weight is 200 g/mol. The van der Waals surface area contributed by atoms with Crippen LogP contribution in [0.1, 0.15) is 27.2 Å². The summed E-state index contributed by atoms with van der Waals surface area (Å²) >= 11 is 0. The number of carbonyl (C=O) groups is 1.